The molecule has 0 unspecified atom stereocenters. The number of amides is 1. The standard InChI is InChI=1S/C18H16ClNO3/c1-11-7-12(2)18(14(19)8-11)20-17(21)6-4-13-3-5-15-16(9-13)23-10-22-15/h3-9H,10H2,1-2H3,(H,20,21). The molecule has 4 nitrogen and oxygen atoms in total. The number of aryl methyl sites for hydroxylation is 2. The van der Waals surface area contributed by atoms with Crippen LogP contribution >= 0.6 is 11.6 Å². The third-order valence-electron chi connectivity index (χ3n) is 3.50. The highest BCUT2D eigenvalue weighted by atomic mass is 35.5. The Bertz CT molecular complexity index is 776. The maximum Gasteiger partial charge on any atom is 0.248 e. The van der Waals surface area contributed by atoms with Gasteiger partial charge < -0.3 is 14.8 Å². The molecule has 1 heterocycles. The first-order valence-corrected chi connectivity index (χ1v) is 7.56. The second-order valence-corrected chi connectivity index (χ2v) is 5.78. The number of ether oxygens (including phenoxy) is 2. The quantitative estimate of drug-likeness (QED) is 0.852. The molecule has 1 amide bonds. The fourth-order valence-corrected chi connectivity index (χ4v) is 2.80. The number of hydrogen-bond donors (Lipinski definition) is 1. The Balaban J connectivity index is 1.72. The summed E-state index contributed by atoms with van der Waals surface area (Å²) in [5, 5.41) is 3.35. The molecule has 0 aliphatic carbocycles. The summed E-state index contributed by atoms with van der Waals surface area (Å²) < 4.78 is 10.6. The Morgan fingerprint density at radius 2 is 1.96 bits per heavy atom. The number of anilines is 1. The number of nitrogens with one attached hydrogen (secondary N) is 1. The second-order valence-electron chi connectivity index (χ2n) is 5.37. The van der Waals surface area contributed by atoms with Gasteiger partial charge in [0.2, 0.25) is 12.7 Å². The summed E-state index contributed by atoms with van der Waals surface area (Å²) in [7, 11) is 0. The number of rotatable bonds is 3. The number of benzene rings is 2. The molecule has 0 saturated carbocycles. The first-order chi connectivity index (χ1) is 11.0. The van der Waals surface area contributed by atoms with Crippen LogP contribution in [0.5, 0.6) is 11.5 Å². The van der Waals surface area contributed by atoms with E-state index < -0.39 is 0 Å². The van der Waals surface area contributed by atoms with Crippen molar-refractivity contribution >= 4 is 29.3 Å². The molecule has 5 heteroatoms. The molecule has 0 aromatic heterocycles. The zero-order valence-electron chi connectivity index (χ0n) is 12.9. The largest absolute Gasteiger partial charge is 0.454 e. The van der Waals surface area contributed by atoms with E-state index in [1.165, 1.54) is 6.08 Å². The van der Waals surface area contributed by atoms with Crippen LogP contribution in [0.15, 0.2) is 36.4 Å². The van der Waals surface area contributed by atoms with Crippen molar-refractivity contribution in [3.63, 3.8) is 0 Å². The second kappa shape index (κ2) is 6.34. The van der Waals surface area contributed by atoms with Crippen molar-refractivity contribution in [3.8, 4) is 11.5 Å². The van der Waals surface area contributed by atoms with Crippen molar-refractivity contribution in [1.82, 2.24) is 0 Å². The van der Waals surface area contributed by atoms with Crippen LogP contribution < -0.4 is 14.8 Å². The third kappa shape index (κ3) is 3.48. The van der Waals surface area contributed by atoms with Crippen LogP contribution in [0.3, 0.4) is 0 Å². The maximum absolute atomic E-state index is 12.1. The molecule has 0 bridgehead atoms. The minimum Gasteiger partial charge on any atom is -0.454 e. The molecular weight excluding hydrogens is 314 g/mol. The van der Waals surface area contributed by atoms with Gasteiger partial charge in [0, 0.05) is 6.08 Å². The smallest absolute Gasteiger partial charge is 0.248 e. The van der Waals surface area contributed by atoms with Crippen LogP contribution in [-0.4, -0.2) is 12.7 Å². The van der Waals surface area contributed by atoms with Crippen LogP contribution in [0.1, 0.15) is 16.7 Å². The van der Waals surface area contributed by atoms with Gasteiger partial charge in [0.15, 0.2) is 11.5 Å². The first-order valence-electron chi connectivity index (χ1n) is 7.18. The minimum absolute atomic E-state index is 0.230. The molecule has 0 spiro atoms. The summed E-state index contributed by atoms with van der Waals surface area (Å²) in [4.78, 5) is 12.1. The van der Waals surface area contributed by atoms with Gasteiger partial charge in [0.25, 0.3) is 0 Å². The lowest BCUT2D eigenvalue weighted by Gasteiger charge is -2.10. The van der Waals surface area contributed by atoms with Crippen molar-refractivity contribution in [2.75, 3.05) is 12.1 Å². The first kappa shape index (κ1) is 15.4. The van der Waals surface area contributed by atoms with E-state index in [0.29, 0.717) is 22.2 Å². The molecule has 0 atom stereocenters. The van der Waals surface area contributed by atoms with Crippen molar-refractivity contribution in [2.45, 2.75) is 13.8 Å². The Morgan fingerprint density at radius 3 is 2.74 bits per heavy atom. The average molecular weight is 330 g/mol. The monoisotopic (exact) mass is 329 g/mol. The lowest BCUT2D eigenvalue weighted by atomic mass is 10.1. The van der Waals surface area contributed by atoms with E-state index in [2.05, 4.69) is 5.32 Å². The van der Waals surface area contributed by atoms with Gasteiger partial charge in [-0.2, -0.15) is 0 Å². The molecule has 0 fully saturated rings. The van der Waals surface area contributed by atoms with Gasteiger partial charge >= 0.3 is 0 Å². The lowest BCUT2D eigenvalue weighted by Crippen LogP contribution is -2.09. The van der Waals surface area contributed by atoms with Crippen molar-refractivity contribution in [3.05, 3.63) is 58.1 Å². The van der Waals surface area contributed by atoms with E-state index >= 15 is 0 Å². The lowest BCUT2D eigenvalue weighted by molar-refractivity contribution is -0.111. The molecule has 118 valence electrons. The molecule has 23 heavy (non-hydrogen) atoms. The van der Waals surface area contributed by atoms with Crippen molar-refractivity contribution in [1.29, 1.82) is 0 Å². The van der Waals surface area contributed by atoms with E-state index in [9.17, 15) is 4.79 Å². The summed E-state index contributed by atoms with van der Waals surface area (Å²) in [5.41, 5.74) is 3.48. The van der Waals surface area contributed by atoms with E-state index in [4.69, 9.17) is 21.1 Å². The Morgan fingerprint density at radius 1 is 1.17 bits per heavy atom. The summed E-state index contributed by atoms with van der Waals surface area (Å²) in [6.07, 6.45) is 3.18. The predicted octanol–water partition coefficient (Wildman–Crippen LogP) is 4.34. The van der Waals surface area contributed by atoms with Gasteiger partial charge in [-0.1, -0.05) is 23.7 Å². The summed E-state index contributed by atoms with van der Waals surface area (Å²) >= 11 is 6.19. The highest BCUT2D eigenvalue weighted by molar-refractivity contribution is 6.34. The summed E-state index contributed by atoms with van der Waals surface area (Å²) in [6, 6.07) is 9.31. The molecule has 1 aliphatic heterocycles. The number of carbonyl (C=O) groups is 1. The molecule has 1 N–H and O–H groups in total. The van der Waals surface area contributed by atoms with Gasteiger partial charge in [0.05, 0.1) is 10.7 Å². The van der Waals surface area contributed by atoms with Gasteiger partial charge in [0.1, 0.15) is 0 Å². The maximum atomic E-state index is 12.1. The Labute approximate surface area is 139 Å². The Kier molecular flexibility index (Phi) is 4.26. The molecule has 0 radical (unpaired) electrons. The van der Waals surface area contributed by atoms with E-state index in [-0.39, 0.29) is 12.7 Å². The van der Waals surface area contributed by atoms with Crippen LogP contribution in [0.2, 0.25) is 5.02 Å². The fraction of sp³-hybridized carbons (Fsp3) is 0.167. The van der Waals surface area contributed by atoms with E-state index in [0.717, 1.165) is 16.7 Å². The number of hydrogen-bond acceptors (Lipinski definition) is 3. The van der Waals surface area contributed by atoms with Crippen LogP contribution in [0.25, 0.3) is 6.08 Å². The minimum atomic E-state index is -0.239. The zero-order valence-corrected chi connectivity index (χ0v) is 13.6. The molecule has 0 saturated heterocycles. The summed E-state index contributed by atoms with van der Waals surface area (Å²) in [5.74, 6) is 1.16. The number of halogens is 1. The van der Waals surface area contributed by atoms with Gasteiger partial charge in [-0.05, 0) is 54.8 Å². The topological polar surface area (TPSA) is 47.6 Å². The molecular formula is C18H16ClNO3. The highest BCUT2D eigenvalue weighted by Gasteiger charge is 2.12. The normalized spacial score (nSPS) is 12.7. The Hall–Kier alpha value is -2.46. The molecule has 1 aliphatic rings. The van der Waals surface area contributed by atoms with Crippen LogP contribution in [0.4, 0.5) is 5.69 Å². The average Bonchev–Trinajstić information content (AvgIpc) is 2.96. The van der Waals surface area contributed by atoms with Gasteiger partial charge in [-0.25, -0.2) is 0 Å². The molecule has 3 rings (SSSR count). The fourth-order valence-electron chi connectivity index (χ4n) is 2.43. The molecule has 2 aromatic carbocycles. The molecule has 2 aromatic rings. The predicted molar refractivity (Wildman–Crippen MR) is 91.2 cm³/mol. The third-order valence-corrected chi connectivity index (χ3v) is 3.80. The van der Waals surface area contributed by atoms with Crippen molar-refractivity contribution in [2.24, 2.45) is 0 Å². The van der Waals surface area contributed by atoms with Crippen LogP contribution in [0, 0.1) is 13.8 Å². The van der Waals surface area contributed by atoms with E-state index in [1.54, 1.807) is 6.08 Å². The number of carbonyl (C=O) groups excluding carboxylic acids is 1. The summed E-state index contributed by atoms with van der Waals surface area (Å²) in [6.45, 7) is 4.11. The van der Waals surface area contributed by atoms with Crippen molar-refractivity contribution < 1.29 is 14.3 Å². The number of fused-ring (bicyclic) bond motifs is 1. The van der Waals surface area contributed by atoms with Gasteiger partial charge in [-0.3, -0.25) is 4.79 Å². The highest BCUT2D eigenvalue weighted by Crippen LogP contribution is 2.33. The van der Waals surface area contributed by atoms with Gasteiger partial charge in [-0.15, -0.1) is 0 Å². The SMILES string of the molecule is Cc1cc(C)c(NC(=O)C=Cc2ccc3c(c2)OCO3)c(Cl)c1. The van der Waals surface area contributed by atoms with E-state index in [1.807, 2.05) is 44.2 Å². The zero-order chi connectivity index (χ0) is 16.4. The van der Waals surface area contributed by atoms with Crippen LogP contribution in [-0.2, 0) is 4.79 Å².